The zero-order valence-corrected chi connectivity index (χ0v) is 12.6. The standard InChI is InChI=1S/C14H8BrFN4O2/c15-10-3-1-2-9(6-10)14-17-8-18-19(14)11-4-5-12(16)13(7-11)20(21)22/h1-8H. The smallest absolute Gasteiger partial charge is 0.258 e. The van der Waals surface area contributed by atoms with Gasteiger partial charge in [0.25, 0.3) is 0 Å². The van der Waals surface area contributed by atoms with Gasteiger partial charge < -0.3 is 0 Å². The van der Waals surface area contributed by atoms with E-state index in [-0.39, 0.29) is 0 Å². The van der Waals surface area contributed by atoms with Gasteiger partial charge in [-0.15, -0.1) is 0 Å². The molecule has 0 unspecified atom stereocenters. The van der Waals surface area contributed by atoms with Crippen LogP contribution in [0.25, 0.3) is 17.1 Å². The molecule has 1 heterocycles. The van der Waals surface area contributed by atoms with E-state index in [0.717, 1.165) is 22.2 Å². The summed E-state index contributed by atoms with van der Waals surface area (Å²) in [6.07, 6.45) is 1.34. The lowest BCUT2D eigenvalue weighted by Crippen LogP contribution is -2.02. The third-order valence-corrected chi connectivity index (χ3v) is 3.49. The summed E-state index contributed by atoms with van der Waals surface area (Å²) in [5.41, 5.74) is 0.535. The van der Waals surface area contributed by atoms with Gasteiger partial charge in [0.05, 0.1) is 10.6 Å². The SMILES string of the molecule is O=[N+]([O-])c1cc(-n2ncnc2-c2cccc(Br)c2)ccc1F. The van der Waals surface area contributed by atoms with Crippen molar-refractivity contribution in [2.45, 2.75) is 0 Å². The zero-order valence-electron chi connectivity index (χ0n) is 11.0. The fraction of sp³-hybridized carbons (Fsp3) is 0. The van der Waals surface area contributed by atoms with E-state index >= 15 is 0 Å². The van der Waals surface area contributed by atoms with E-state index in [1.807, 2.05) is 24.3 Å². The Balaban J connectivity index is 2.13. The molecule has 0 aliphatic rings. The van der Waals surface area contributed by atoms with E-state index in [4.69, 9.17) is 0 Å². The summed E-state index contributed by atoms with van der Waals surface area (Å²) < 4.78 is 15.7. The Kier molecular flexibility index (Phi) is 3.68. The van der Waals surface area contributed by atoms with E-state index in [9.17, 15) is 14.5 Å². The molecule has 0 N–H and O–H groups in total. The number of rotatable bonds is 3. The second-order valence-corrected chi connectivity index (χ2v) is 5.31. The minimum absolute atomic E-state index is 0.362. The monoisotopic (exact) mass is 362 g/mol. The number of aromatic nitrogens is 3. The normalized spacial score (nSPS) is 10.6. The van der Waals surface area contributed by atoms with Crippen LogP contribution in [0.3, 0.4) is 0 Å². The molecular weight excluding hydrogens is 355 g/mol. The van der Waals surface area contributed by atoms with Gasteiger partial charge in [0, 0.05) is 16.1 Å². The van der Waals surface area contributed by atoms with Crippen LogP contribution in [0.1, 0.15) is 0 Å². The number of halogens is 2. The van der Waals surface area contributed by atoms with Crippen LogP contribution in [0.5, 0.6) is 0 Å². The van der Waals surface area contributed by atoms with Gasteiger partial charge >= 0.3 is 5.69 Å². The molecule has 22 heavy (non-hydrogen) atoms. The molecule has 0 atom stereocenters. The summed E-state index contributed by atoms with van der Waals surface area (Å²) in [5, 5.41) is 14.9. The molecule has 0 spiro atoms. The van der Waals surface area contributed by atoms with Crippen molar-refractivity contribution < 1.29 is 9.31 Å². The molecule has 0 bridgehead atoms. The number of nitrogens with zero attached hydrogens (tertiary/aromatic N) is 4. The number of hydrogen-bond acceptors (Lipinski definition) is 4. The van der Waals surface area contributed by atoms with Gasteiger partial charge in [-0.25, -0.2) is 9.67 Å². The van der Waals surface area contributed by atoms with Crippen molar-refractivity contribution in [3.05, 3.63) is 69.2 Å². The molecule has 0 aliphatic heterocycles. The summed E-state index contributed by atoms with van der Waals surface area (Å²) in [5.74, 6) is -0.389. The van der Waals surface area contributed by atoms with Crippen LogP contribution in [0, 0.1) is 15.9 Å². The molecule has 0 saturated carbocycles. The van der Waals surface area contributed by atoms with Gasteiger partial charge in [-0.05, 0) is 24.3 Å². The highest BCUT2D eigenvalue weighted by Gasteiger charge is 2.17. The Morgan fingerprint density at radius 2 is 2.05 bits per heavy atom. The molecule has 0 fully saturated rings. The number of nitro groups is 1. The lowest BCUT2D eigenvalue weighted by molar-refractivity contribution is -0.387. The Morgan fingerprint density at radius 1 is 1.23 bits per heavy atom. The van der Waals surface area contributed by atoms with Crippen LogP contribution in [0.15, 0.2) is 53.3 Å². The van der Waals surface area contributed by atoms with Crippen molar-refractivity contribution in [3.63, 3.8) is 0 Å². The molecule has 1 aromatic heterocycles. The first-order chi connectivity index (χ1) is 10.6. The molecule has 2 aromatic carbocycles. The number of benzene rings is 2. The van der Waals surface area contributed by atoms with Gasteiger partial charge in [0.2, 0.25) is 5.82 Å². The maximum Gasteiger partial charge on any atom is 0.306 e. The van der Waals surface area contributed by atoms with Gasteiger partial charge in [0.1, 0.15) is 6.33 Å². The first-order valence-electron chi connectivity index (χ1n) is 6.16. The molecule has 0 saturated heterocycles. The van der Waals surface area contributed by atoms with Crippen molar-refractivity contribution in [1.82, 2.24) is 14.8 Å². The fourth-order valence-corrected chi connectivity index (χ4v) is 2.43. The highest BCUT2D eigenvalue weighted by molar-refractivity contribution is 9.10. The van der Waals surface area contributed by atoms with Gasteiger partial charge in [-0.3, -0.25) is 10.1 Å². The molecule has 0 amide bonds. The van der Waals surface area contributed by atoms with Crippen molar-refractivity contribution in [2.75, 3.05) is 0 Å². The van der Waals surface area contributed by atoms with Crippen LogP contribution >= 0.6 is 15.9 Å². The molecule has 6 nitrogen and oxygen atoms in total. The number of hydrogen-bond donors (Lipinski definition) is 0. The summed E-state index contributed by atoms with van der Waals surface area (Å²) in [6, 6.07) is 11.0. The maximum atomic E-state index is 13.4. The topological polar surface area (TPSA) is 73.8 Å². The third kappa shape index (κ3) is 2.60. The Labute approximate surface area is 132 Å². The summed E-state index contributed by atoms with van der Waals surface area (Å²) >= 11 is 3.37. The van der Waals surface area contributed by atoms with Gasteiger partial charge in [-0.2, -0.15) is 9.49 Å². The molecule has 3 aromatic rings. The van der Waals surface area contributed by atoms with E-state index in [1.54, 1.807) is 0 Å². The minimum Gasteiger partial charge on any atom is -0.258 e. The highest BCUT2D eigenvalue weighted by Crippen LogP contribution is 2.26. The van der Waals surface area contributed by atoms with Crippen molar-refractivity contribution in [2.24, 2.45) is 0 Å². The first kappa shape index (κ1) is 14.3. The Bertz CT molecular complexity index is 866. The Morgan fingerprint density at radius 3 is 2.77 bits per heavy atom. The van der Waals surface area contributed by atoms with Gasteiger partial charge in [0.15, 0.2) is 5.82 Å². The quantitative estimate of drug-likeness (QED) is 0.525. The summed E-state index contributed by atoms with van der Waals surface area (Å²) in [6.45, 7) is 0. The van der Waals surface area contributed by atoms with Crippen molar-refractivity contribution in [3.8, 4) is 17.1 Å². The maximum absolute atomic E-state index is 13.4. The van der Waals surface area contributed by atoms with Crippen LogP contribution in [-0.2, 0) is 0 Å². The summed E-state index contributed by atoms with van der Waals surface area (Å²) in [4.78, 5) is 14.3. The van der Waals surface area contributed by atoms with E-state index in [0.29, 0.717) is 11.5 Å². The summed E-state index contributed by atoms with van der Waals surface area (Å²) in [7, 11) is 0. The van der Waals surface area contributed by atoms with E-state index in [1.165, 1.54) is 17.1 Å². The fourth-order valence-electron chi connectivity index (χ4n) is 2.03. The van der Waals surface area contributed by atoms with E-state index < -0.39 is 16.4 Å². The van der Waals surface area contributed by atoms with Crippen molar-refractivity contribution in [1.29, 1.82) is 0 Å². The lowest BCUT2D eigenvalue weighted by Gasteiger charge is -2.06. The molecule has 0 radical (unpaired) electrons. The molecule has 0 aliphatic carbocycles. The molecular formula is C14H8BrFN4O2. The minimum atomic E-state index is -0.891. The lowest BCUT2D eigenvalue weighted by atomic mass is 10.2. The largest absolute Gasteiger partial charge is 0.306 e. The zero-order chi connectivity index (χ0) is 15.7. The van der Waals surface area contributed by atoms with Gasteiger partial charge in [-0.1, -0.05) is 28.1 Å². The van der Waals surface area contributed by atoms with E-state index in [2.05, 4.69) is 26.0 Å². The van der Waals surface area contributed by atoms with Crippen LogP contribution in [0.2, 0.25) is 0 Å². The predicted octanol–water partition coefficient (Wildman–Crippen LogP) is 3.74. The Hall–Kier alpha value is -2.61. The van der Waals surface area contributed by atoms with Crippen LogP contribution < -0.4 is 0 Å². The highest BCUT2D eigenvalue weighted by atomic mass is 79.9. The second kappa shape index (κ2) is 5.64. The predicted molar refractivity (Wildman–Crippen MR) is 81.1 cm³/mol. The average molecular weight is 363 g/mol. The first-order valence-corrected chi connectivity index (χ1v) is 6.96. The third-order valence-electron chi connectivity index (χ3n) is 3.00. The molecule has 3 rings (SSSR count). The molecule has 110 valence electrons. The number of nitro benzene ring substituents is 1. The van der Waals surface area contributed by atoms with Crippen LogP contribution in [0.4, 0.5) is 10.1 Å². The second-order valence-electron chi connectivity index (χ2n) is 4.40. The molecule has 8 heteroatoms. The average Bonchev–Trinajstić information content (AvgIpc) is 2.97. The van der Waals surface area contributed by atoms with Crippen LogP contribution in [-0.4, -0.2) is 19.7 Å². The van der Waals surface area contributed by atoms with Crippen molar-refractivity contribution >= 4 is 21.6 Å².